The van der Waals surface area contributed by atoms with Crippen molar-refractivity contribution in [1.82, 2.24) is 5.32 Å². The summed E-state index contributed by atoms with van der Waals surface area (Å²) in [6, 6.07) is 10.7. The second kappa shape index (κ2) is 8.37. The minimum absolute atomic E-state index is 0.262. The van der Waals surface area contributed by atoms with Gasteiger partial charge in [-0.25, -0.2) is 0 Å². The predicted molar refractivity (Wildman–Crippen MR) is 79.1 cm³/mol. The van der Waals surface area contributed by atoms with Crippen LogP contribution in [0.5, 0.6) is 0 Å². The van der Waals surface area contributed by atoms with Crippen LogP contribution in [0.15, 0.2) is 30.3 Å². The quantitative estimate of drug-likeness (QED) is 0.660. The molecule has 1 heterocycles. The van der Waals surface area contributed by atoms with Crippen molar-refractivity contribution in [2.24, 2.45) is 0 Å². The predicted octanol–water partition coefficient (Wildman–Crippen LogP) is 1.60. The molecular weight excluding hydrogens is 254 g/mol. The van der Waals surface area contributed by atoms with Crippen molar-refractivity contribution in [3.05, 3.63) is 35.9 Å². The molecule has 0 bridgehead atoms. The van der Waals surface area contributed by atoms with Gasteiger partial charge < -0.3 is 19.5 Å². The smallest absolute Gasteiger partial charge is 0.0701 e. The Labute approximate surface area is 121 Å². The molecule has 0 saturated carbocycles. The fraction of sp³-hybridized carbons (Fsp3) is 0.625. The lowest BCUT2D eigenvalue weighted by atomic mass is 9.73. The van der Waals surface area contributed by atoms with Gasteiger partial charge in [-0.3, -0.25) is 0 Å². The lowest BCUT2D eigenvalue weighted by molar-refractivity contribution is 0.0182. The highest BCUT2D eigenvalue weighted by molar-refractivity contribution is 5.29. The van der Waals surface area contributed by atoms with Crippen molar-refractivity contribution in [2.45, 2.75) is 11.8 Å². The molecule has 1 fully saturated rings. The largest absolute Gasteiger partial charge is 0.382 e. The van der Waals surface area contributed by atoms with Gasteiger partial charge in [0.2, 0.25) is 0 Å². The van der Waals surface area contributed by atoms with Crippen LogP contribution in [0.2, 0.25) is 0 Å². The van der Waals surface area contributed by atoms with Gasteiger partial charge >= 0.3 is 0 Å². The van der Waals surface area contributed by atoms with Crippen LogP contribution in [0, 0.1) is 0 Å². The molecule has 0 aromatic heterocycles. The number of hydrogen-bond donors (Lipinski definition) is 1. The Hall–Kier alpha value is -0.940. The first kappa shape index (κ1) is 15.4. The minimum Gasteiger partial charge on any atom is -0.382 e. The number of methoxy groups -OCH3 is 1. The molecule has 112 valence electrons. The molecule has 1 aliphatic rings. The highest BCUT2D eigenvalue weighted by Crippen LogP contribution is 2.31. The van der Waals surface area contributed by atoms with Gasteiger partial charge in [-0.05, 0) is 12.0 Å². The third kappa shape index (κ3) is 4.28. The van der Waals surface area contributed by atoms with Crippen LogP contribution >= 0.6 is 0 Å². The van der Waals surface area contributed by atoms with E-state index < -0.39 is 0 Å². The molecule has 4 heteroatoms. The summed E-state index contributed by atoms with van der Waals surface area (Å²) < 4.78 is 16.0. The zero-order chi connectivity index (χ0) is 14.1. The number of nitrogens with one attached hydrogen (secondary N) is 1. The molecule has 0 unspecified atom stereocenters. The molecule has 0 atom stereocenters. The molecule has 4 nitrogen and oxygen atoms in total. The van der Waals surface area contributed by atoms with E-state index in [4.69, 9.17) is 14.2 Å². The van der Waals surface area contributed by atoms with E-state index in [0.717, 1.165) is 26.1 Å². The number of hydrogen-bond acceptors (Lipinski definition) is 4. The third-order valence-corrected chi connectivity index (χ3v) is 3.84. The van der Waals surface area contributed by atoms with E-state index in [9.17, 15) is 0 Å². The van der Waals surface area contributed by atoms with E-state index >= 15 is 0 Å². The van der Waals surface area contributed by atoms with Crippen LogP contribution in [-0.4, -0.2) is 53.2 Å². The van der Waals surface area contributed by atoms with Gasteiger partial charge in [0.05, 0.1) is 26.4 Å². The number of rotatable bonds is 10. The maximum absolute atomic E-state index is 5.67. The van der Waals surface area contributed by atoms with Crippen molar-refractivity contribution in [3.63, 3.8) is 0 Å². The van der Waals surface area contributed by atoms with Crippen LogP contribution in [-0.2, 0) is 19.6 Å². The highest BCUT2D eigenvalue weighted by Gasteiger charge is 2.37. The molecule has 1 aromatic carbocycles. The van der Waals surface area contributed by atoms with Gasteiger partial charge in [0, 0.05) is 32.2 Å². The average molecular weight is 279 g/mol. The van der Waals surface area contributed by atoms with Crippen LogP contribution < -0.4 is 5.32 Å². The van der Waals surface area contributed by atoms with E-state index in [2.05, 4.69) is 35.6 Å². The zero-order valence-corrected chi connectivity index (χ0v) is 12.3. The Morgan fingerprint density at radius 2 is 1.60 bits per heavy atom. The van der Waals surface area contributed by atoms with E-state index in [1.807, 2.05) is 0 Å². The highest BCUT2D eigenvalue weighted by atomic mass is 16.5. The van der Waals surface area contributed by atoms with Crippen molar-refractivity contribution in [2.75, 3.05) is 53.2 Å². The van der Waals surface area contributed by atoms with Crippen molar-refractivity contribution in [3.8, 4) is 0 Å². The Morgan fingerprint density at radius 1 is 0.950 bits per heavy atom. The minimum atomic E-state index is 0.262. The first-order valence-electron chi connectivity index (χ1n) is 7.28. The van der Waals surface area contributed by atoms with Crippen molar-refractivity contribution in [1.29, 1.82) is 0 Å². The molecular formula is C16H25NO3. The lowest BCUT2D eigenvalue weighted by Crippen LogP contribution is -2.57. The SMILES string of the molecule is COCCOCCOCCC1(c2ccccc2)CNC1. The van der Waals surface area contributed by atoms with E-state index in [-0.39, 0.29) is 5.41 Å². The maximum Gasteiger partial charge on any atom is 0.0701 e. The Kier molecular flexibility index (Phi) is 6.47. The Morgan fingerprint density at radius 3 is 2.20 bits per heavy atom. The molecule has 1 saturated heterocycles. The van der Waals surface area contributed by atoms with Gasteiger partial charge in [0.1, 0.15) is 0 Å². The van der Waals surface area contributed by atoms with Crippen LogP contribution in [0.1, 0.15) is 12.0 Å². The Bertz CT molecular complexity index is 365. The maximum atomic E-state index is 5.67. The summed E-state index contributed by atoms with van der Waals surface area (Å²) in [7, 11) is 1.68. The summed E-state index contributed by atoms with van der Waals surface area (Å²) in [6.07, 6.45) is 1.06. The van der Waals surface area contributed by atoms with Crippen LogP contribution in [0.4, 0.5) is 0 Å². The van der Waals surface area contributed by atoms with E-state index in [1.165, 1.54) is 5.56 Å². The first-order valence-corrected chi connectivity index (χ1v) is 7.28. The van der Waals surface area contributed by atoms with Gasteiger partial charge in [-0.1, -0.05) is 30.3 Å². The van der Waals surface area contributed by atoms with Crippen LogP contribution in [0.25, 0.3) is 0 Å². The topological polar surface area (TPSA) is 39.7 Å². The molecule has 1 aliphatic heterocycles. The summed E-state index contributed by atoms with van der Waals surface area (Å²) in [6.45, 7) is 5.45. The van der Waals surface area contributed by atoms with E-state index in [1.54, 1.807) is 7.11 Å². The first-order chi connectivity index (χ1) is 9.87. The summed E-state index contributed by atoms with van der Waals surface area (Å²) in [4.78, 5) is 0. The molecule has 0 radical (unpaired) electrons. The second-order valence-corrected chi connectivity index (χ2v) is 5.22. The Balaban J connectivity index is 1.63. The zero-order valence-electron chi connectivity index (χ0n) is 12.3. The van der Waals surface area contributed by atoms with Gasteiger partial charge in [0.15, 0.2) is 0 Å². The average Bonchev–Trinajstić information content (AvgIpc) is 2.45. The molecule has 20 heavy (non-hydrogen) atoms. The normalized spacial score (nSPS) is 16.9. The van der Waals surface area contributed by atoms with E-state index in [0.29, 0.717) is 26.4 Å². The van der Waals surface area contributed by atoms with Gasteiger partial charge in [0.25, 0.3) is 0 Å². The second-order valence-electron chi connectivity index (χ2n) is 5.22. The molecule has 0 aliphatic carbocycles. The third-order valence-electron chi connectivity index (χ3n) is 3.84. The van der Waals surface area contributed by atoms with Gasteiger partial charge in [-0.2, -0.15) is 0 Å². The van der Waals surface area contributed by atoms with Crippen molar-refractivity contribution >= 4 is 0 Å². The molecule has 2 rings (SSSR count). The summed E-state index contributed by atoms with van der Waals surface area (Å²) in [5.74, 6) is 0. The molecule has 0 spiro atoms. The summed E-state index contributed by atoms with van der Waals surface area (Å²) >= 11 is 0. The number of benzene rings is 1. The fourth-order valence-electron chi connectivity index (χ4n) is 2.48. The standard InChI is InChI=1S/C16H25NO3/c1-18-9-10-20-12-11-19-8-7-16(13-17-14-16)15-5-3-2-4-6-15/h2-6,17H,7-14H2,1H3. The molecule has 1 aromatic rings. The molecule has 1 N–H and O–H groups in total. The van der Waals surface area contributed by atoms with Crippen LogP contribution in [0.3, 0.4) is 0 Å². The number of ether oxygens (including phenoxy) is 3. The molecule has 0 amide bonds. The van der Waals surface area contributed by atoms with Crippen molar-refractivity contribution < 1.29 is 14.2 Å². The fourth-order valence-corrected chi connectivity index (χ4v) is 2.48. The van der Waals surface area contributed by atoms with Gasteiger partial charge in [-0.15, -0.1) is 0 Å². The summed E-state index contributed by atoms with van der Waals surface area (Å²) in [5, 5.41) is 3.38. The monoisotopic (exact) mass is 279 g/mol. The summed E-state index contributed by atoms with van der Waals surface area (Å²) in [5.41, 5.74) is 1.68. The lowest BCUT2D eigenvalue weighted by Gasteiger charge is -2.43.